The molecule has 0 aromatic heterocycles. The predicted molar refractivity (Wildman–Crippen MR) is 85.0 cm³/mol. The lowest BCUT2D eigenvalue weighted by molar-refractivity contribution is -0.144. The summed E-state index contributed by atoms with van der Waals surface area (Å²) in [7, 11) is 0. The van der Waals surface area contributed by atoms with E-state index in [0.717, 1.165) is 44.5 Å². The molecule has 0 N–H and O–H groups in total. The second-order valence-corrected chi connectivity index (χ2v) is 7.59. The summed E-state index contributed by atoms with van der Waals surface area (Å²) in [6.45, 7) is 5.48. The number of nitrogens with zero attached hydrogens (tertiary/aromatic N) is 1. The molecule has 2 fully saturated rings. The minimum absolute atomic E-state index is 0.0300. The highest BCUT2D eigenvalue weighted by molar-refractivity contribution is 6.17. The number of amides is 1. The first-order chi connectivity index (χ1) is 9.59. The molecule has 1 heterocycles. The van der Waals surface area contributed by atoms with Crippen molar-refractivity contribution in [1.82, 2.24) is 4.90 Å². The summed E-state index contributed by atoms with van der Waals surface area (Å²) in [4.78, 5) is 15.4. The van der Waals surface area contributed by atoms with Crippen molar-refractivity contribution < 1.29 is 4.79 Å². The van der Waals surface area contributed by atoms with Crippen molar-refractivity contribution in [2.45, 2.75) is 77.7 Å². The van der Waals surface area contributed by atoms with Crippen molar-refractivity contribution in [3.05, 3.63) is 0 Å². The smallest absolute Gasteiger partial charge is 0.229 e. The minimum atomic E-state index is -0.0300. The summed E-state index contributed by atoms with van der Waals surface area (Å²) in [5, 5.41) is 0. The maximum atomic E-state index is 13.2. The highest BCUT2D eigenvalue weighted by Gasteiger charge is 2.45. The molecule has 3 heteroatoms. The van der Waals surface area contributed by atoms with E-state index in [1.807, 2.05) is 0 Å². The minimum Gasteiger partial charge on any atom is -0.339 e. The van der Waals surface area contributed by atoms with Crippen molar-refractivity contribution in [3.8, 4) is 0 Å². The predicted octanol–water partition coefficient (Wildman–Crippen LogP) is 4.60. The number of hydrogen-bond donors (Lipinski definition) is 0. The molecule has 1 unspecified atom stereocenters. The molecule has 0 radical (unpaired) electrons. The van der Waals surface area contributed by atoms with Gasteiger partial charge in [-0.3, -0.25) is 4.79 Å². The largest absolute Gasteiger partial charge is 0.339 e. The van der Waals surface area contributed by atoms with E-state index < -0.39 is 0 Å². The highest BCUT2D eigenvalue weighted by atomic mass is 35.5. The van der Waals surface area contributed by atoms with Crippen molar-refractivity contribution >= 4 is 17.5 Å². The lowest BCUT2D eigenvalue weighted by Gasteiger charge is -2.36. The number of carbonyl (C=O) groups is 1. The molecule has 1 saturated heterocycles. The van der Waals surface area contributed by atoms with Crippen LogP contribution in [0.15, 0.2) is 0 Å². The third kappa shape index (κ3) is 3.50. The van der Waals surface area contributed by atoms with Gasteiger partial charge in [-0.1, -0.05) is 26.7 Å². The van der Waals surface area contributed by atoms with E-state index in [1.54, 1.807) is 0 Å². The Bertz CT molecular complexity index is 323. The standard InChI is InChI=1S/C17H30ClNO/c1-14(2)13-17(9-3-4-10-17)16(20)19-12-6-8-15(19)7-5-11-18/h14-15H,3-13H2,1-2H3. The van der Waals surface area contributed by atoms with Gasteiger partial charge in [-0.05, 0) is 50.9 Å². The van der Waals surface area contributed by atoms with E-state index in [1.165, 1.54) is 25.7 Å². The fourth-order valence-electron chi connectivity index (χ4n) is 4.36. The molecule has 1 atom stereocenters. The molecule has 2 nitrogen and oxygen atoms in total. The lowest BCUT2D eigenvalue weighted by atomic mass is 9.77. The summed E-state index contributed by atoms with van der Waals surface area (Å²) < 4.78 is 0. The molecular weight excluding hydrogens is 270 g/mol. The normalized spacial score (nSPS) is 25.6. The number of hydrogen-bond acceptors (Lipinski definition) is 1. The van der Waals surface area contributed by atoms with Crippen LogP contribution in [0.1, 0.15) is 71.6 Å². The Morgan fingerprint density at radius 3 is 2.60 bits per heavy atom. The first-order valence-corrected chi connectivity index (χ1v) is 8.99. The second kappa shape index (κ2) is 7.15. The zero-order valence-electron chi connectivity index (χ0n) is 13.2. The maximum absolute atomic E-state index is 13.2. The molecule has 20 heavy (non-hydrogen) atoms. The van der Waals surface area contributed by atoms with Crippen molar-refractivity contribution in [1.29, 1.82) is 0 Å². The molecule has 1 amide bonds. The summed E-state index contributed by atoms with van der Waals surface area (Å²) in [6.07, 6.45) is 10.3. The van der Waals surface area contributed by atoms with Crippen molar-refractivity contribution in [3.63, 3.8) is 0 Å². The van der Waals surface area contributed by atoms with E-state index in [9.17, 15) is 4.79 Å². The summed E-state index contributed by atoms with van der Waals surface area (Å²) in [5.41, 5.74) is -0.0300. The van der Waals surface area contributed by atoms with Gasteiger partial charge in [0.2, 0.25) is 5.91 Å². The average molecular weight is 300 g/mol. The van der Waals surface area contributed by atoms with Crippen LogP contribution >= 0.6 is 11.6 Å². The molecule has 0 aromatic carbocycles. The van der Waals surface area contributed by atoms with E-state index in [4.69, 9.17) is 11.6 Å². The average Bonchev–Trinajstić information content (AvgIpc) is 3.04. The van der Waals surface area contributed by atoms with Crippen LogP contribution in [0.3, 0.4) is 0 Å². The lowest BCUT2D eigenvalue weighted by Crippen LogP contribution is -2.45. The van der Waals surface area contributed by atoms with E-state index in [0.29, 0.717) is 17.9 Å². The topological polar surface area (TPSA) is 20.3 Å². The van der Waals surface area contributed by atoms with Crippen molar-refractivity contribution in [2.24, 2.45) is 11.3 Å². The van der Waals surface area contributed by atoms with Crippen LogP contribution in [0.2, 0.25) is 0 Å². The fraction of sp³-hybridized carbons (Fsp3) is 0.941. The van der Waals surface area contributed by atoms with Gasteiger partial charge in [0, 0.05) is 23.9 Å². The zero-order chi connectivity index (χ0) is 14.6. The third-order valence-corrected chi connectivity index (χ3v) is 5.39. The van der Waals surface area contributed by atoms with Crippen LogP contribution in [0.4, 0.5) is 0 Å². The third-order valence-electron chi connectivity index (χ3n) is 5.12. The molecule has 2 rings (SSSR count). The van der Waals surface area contributed by atoms with Crippen LogP contribution < -0.4 is 0 Å². The molecule has 0 spiro atoms. The Morgan fingerprint density at radius 1 is 1.30 bits per heavy atom. The van der Waals surface area contributed by atoms with Crippen LogP contribution in [0, 0.1) is 11.3 Å². The quantitative estimate of drug-likeness (QED) is 0.656. The fourth-order valence-corrected chi connectivity index (χ4v) is 4.51. The van der Waals surface area contributed by atoms with Gasteiger partial charge >= 0.3 is 0 Å². The van der Waals surface area contributed by atoms with E-state index in [-0.39, 0.29) is 5.41 Å². The van der Waals surface area contributed by atoms with Crippen LogP contribution in [-0.4, -0.2) is 29.3 Å². The van der Waals surface area contributed by atoms with Gasteiger partial charge in [0.25, 0.3) is 0 Å². The Hall–Kier alpha value is -0.240. The highest BCUT2D eigenvalue weighted by Crippen LogP contribution is 2.45. The molecule has 1 aliphatic heterocycles. The van der Waals surface area contributed by atoms with Crippen LogP contribution in [-0.2, 0) is 4.79 Å². The molecule has 1 saturated carbocycles. The number of rotatable bonds is 6. The molecule has 0 bridgehead atoms. The first kappa shape index (κ1) is 16.1. The molecule has 0 aromatic rings. The first-order valence-electron chi connectivity index (χ1n) is 8.46. The number of halogens is 1. The molecule has 1 aliphatic carbocycles. The zero-order valence-corrected chi connectivity index (χ0v) is 13.9. The SMILES string of the molecule is CC(C)CC1(C(=O)N2CCCC2CCCCl)CCCC1. The Morgan fingerprint density at radius 2 is 2.00 bits per heavy atom. The monoisotopic (exact) mass is 299 g/mol. The van der Waals surface area contributed by atoms with Gasteiger partial charge in [-0.15, -0.1) is 11.6 Å². The number of likely N-dealkylation sites (tertiary alicyclic amines) is 1. The summed E-state index contributed by atoms with van der Waals surface area (Å²) >= 11 is 5.83. The van der Waals surface area contributed by atoms with E-state index in [2.05, 4.69) is 18.7 Å². The summed E-state index contributed by atoms with van der Waals surface area (Å²) in [6, 6.07) is 0.464. The van der Waals surface area contributed by atoms with Gasteiger partial charge < -0.3 is 4.90 Å². The Labute approximate surface area is 129 Å². The Balaban J connectivity index is 2.06. The van der Waals surface area contributed by atoms with Gasteiger partial charge in [0.05, 0.1) is 0 Å². The van der Waals surface area contributed by atoms with Gasteiger partial charge in [0.15, 0.2) is 0 Å². The number of carbonyl (C=O) groups excluding carboxylic acids is 1. The van der Waals surface area contributed by atoms with Crippen molar-refractivity contribution in [2.75, 3.05) is 12.4 Å². The molecule has 2 aliphatic rings. The Kier molecular flexibility index (Phi) is 5.77. The number of alkyl halides is 1. The van der Waals surface area contributed by atoms with Crippen LogP contribution in [0.5, 0.6) is 0 Å². The van der Waals surface area contributed by atoms with E-state index >= 15 is 0 Å². The van der Waals surface area contributed by atoms with Gasteiger partial charge in [0.1, 0.15) is 0 Å². The van der Waals surface area contributed by atoms with Gasteiger partial charge in [-0.2, -0.15) is 0 Å². The maximum Gasteiger partial charge on any atom is 0.229 e. The molecule has 116 valence electrons. The molecular formula is C17H30ClNO. The van der Waals surface area contributed by atoms with Gasteiger partial charge in [-0.25, -0.2) is 0 Å². The van der Waals surface area contributed by atoms with Crippen LogP contribution in [0.25, 0.3) is 0 Å². The summed E-state index contributed by atoms with van der Waals surface area (Å²) in [5.74, 6) is 1.80. The second-order valence-electron chi connectivity index (χ2n) is 7.21.